The highest BCUT2D eigenvalue weighted by atomic mass is 19.4. The maximum atomic E-state index is 14.6. The SMILES string of the molecule is Nc1cc(C(F)(F)F)c2nc1-c1nnc(o1)C(OCc1ccccc1)(C(F)(F)F)C/C=C\CCCO2. The molecule has 3 heterocycles. The third-order valence-corrected chi connectivity index (χ3v) is 5.41. The van der Waals surface area contributed by atoms with Gasteiger partial charge in [0.1, 0.15) is 5.56 Å². The summed E-state index contributed by atoms with van der Waals surface area (Å²) in [4.78, 5) is 3.77. The summed E-state index contributed by atoms with van der Waals surface area (Å²) in [5.41, 5.74) is 0.981. The Morgan fingerprint density at radius 2 is 1.78 bits per heavy atom. The summed E-state index contributed by atoms with van der Waals surface area (Å²) in [6, 6.07) is 8.76. The van der Waals surface area contributed by atoms with Gasteiger partial charge in [0.15, 0.2) is 5.69 Å². The molecule has 0 saturated carbocycles. The molecule has 4 bridgehead atoms. The van der Waals surface area contributed by atoms with Crippen molar-refractivity contribution in [1.82, 2.24) is 15.2 Å². The normalized spacial score (nSPS) is 19.8. The molecule has 13 heteroatoms. The first kappa shape index (κ1) is 25.5. The molecule has 4 rings (SSSR count). The van der Waals surface area contributed by atoms with Crippen molar-refractivity contribution in [3.05, 3.63) is 65.6 Å². The first-order valence-corrected chi connectivity index (χ1v) is 10.8. The maximum absolute atomic E-state index is 14.6. The molecule has 36 heavy (non-hydrogen) atoms. The van der Waals surface area contributed by atoms with Crippen molar-refractivity contribution in [3.63, 3.8) is 0 Å². The largest absolute Gasteiger partial charge is 0.477 e. The highest BCUT2D eigenvalue weighted by Gasteiger charge is 2.61. The highest BCUT2D eigenvalue weighted by Crippen LogP contribution is 2.46. The van der Waals surface area contributed by atoms with E-state index in [2.05, 4.69) is 15.2 Å². The minimum absolute atomic E-state index is 0.173. The number of alkyl halides is 6. The second kappa shape index (κ2) is 9.80. The lowest BCUT2D eigenvalue weighted by Gasteiger charge is -2.31. The van der Waals surface area contributed by atoms with Gasteiger partial charge in [-0.25, -0.2) is 4.98 Å². The molecule has 1 unspecified atom stereocenters. The van der Waals surface area contributed by atoms with Crippen molar-refractivity contribution in [2.75, 3.05) is 12.3 Å². The summed E-state index contributed by atoms with van der Waals surface area (Å²) in [6.07, 6.45) is -7.38. The van der Waals surface area contributed by atoms with Gasteiger partial charge in [0.2, 0.25) is 11.5 Å². The molecule has 0 aliphatic carbocycles. The van der Waals surface area contributed by atoms with E-state index in [4.69, 9.17) is 19.6 Å². The number of hydrogen-bond acceptors (Lipinski definition) is 7. The van der Waals surface area contributed by atoms with E-state index in [1.165, 1.54) is 12.2 Å². The third kappa shape index (κ3) is 5.15. The second-order valence-corrected chi connectivity index (χ2v) is 7.95. The van der Waals surface area contributed by atoms with Crippen molar-refractivity contribution in [2.45, 2.75) is 43.8 Å². The molecule has 2 aromatic heterocycles. The van der Waals surface area contributed by atoms with E-state index >= 15 is 0 Å². The quantitative estimate of drug-likeness (QED) is 0.347. The molecule has 0 fully saturated rings. The molecule has 3 aromatic rings. The molecular weight excluding hydrogens is 494 g/mol. The van der Waals surface area contributed by atoms with E-state index in [-0.39, 0.29) is 19.4 Å². The number of allylic oxidation sites excluding steroid dienone is 1. The molecule has 0 saturated heterocycles. The summed E-state index contributed by atoms with van der Waals surface area (Å²) in [5, 5.41) is 7.15. The number of benzene rings is 1. The molecule has 0 radical (unpaired) electrons. The van der Waals surface area contributed by atoms with Crippen molar-refractivity contribution in [1.29, 1.82) is 0 Å². The number of pyridine rings is 1. The van der Waals surface area contributed by atoms with Gasteiger partial charge in [-0.05, 0) is 24.5 Å². The summed E-state index contributed by atoms with van der Waals surface area (Å²) in [6.45, 7) is -0.599. The van der Waals surface area contributed by atoms with Crippen LogP contribution in [0.4, 0.5) is 32.0 Å². The van der Waals surface area contributed by atoms with Crippen LogP contribution in [0.3, 0.4) is 0 Å². The van der Waals surface area contributed by atoms with Gasteiger partial charge in [-0.2, -0.15) is 26.3 Å². The van der Waals surface area contributed by atoms with Crippen molar-refractivity contribution >= 4 is 5.69 Å². The van der Waals surface area contributed by atoms with Gasteiger partial charge in [0.25, 0.3) is 11.8 Å². The molecule has 2 N–H and O–H groups in total. The van der Waals surface area contributed by atoms with Crippen LogP contribution in [0.25, 0.3) is 11.6 Å². The minimum atomic E-state index is -5.00. The smallest absolute Gasteiger partial charge is 0.426 e. The fourth-order valence-electron chi connectivity index (χ4n) is 3.52. The fourth-order valence-corrected chi connectivity index (χ4v) is 3.52. The molecule has 0 spiro atoms. The number of nitrogens with zero attached hydrogens (tertiary/aromatic N) is 3. The van der Waals surface area contributed by atoms with Crippen LogP contribution in [-0.2, 0) is 23.1 Å². The van der Waals surface area contributed by atoms with Crippen LogP contribution in [-0.4, -0.2) is 28.0 Å². The lowest BCUT2D eigenvalue weighted by atomic mass is 9.97. The Bertz CT molecular complexity index is 1230. The lowest BCUT2D eigenvalue weighted by Crippen LogP contribution is -2.45. The van der Waals surface area contributed by atoms with Gasteiger partial charge in [-0.3, -0.25) is 0 Å². The Hall–Kier alpha value is -3.61. The molecule has 7 nitrogen and oxygen atoms in total. The zero-order valence-electron chi connectivity index (χ0n) is 18.6. The van der Waals surface area contributed by atoms with E-state index in [0.29, 0.717) is 11.6 Å². The summed E-state index contributed by atoms with van der Waals surface area (Å²) in [7, 11) is 0. The standard InChI is InChI=1S/C23H20F6N4O3/c24-22(25,26)15-12-16(30)17-19-32-33-20(36-19)21(23(27,28)29,35-13-14-8-4-3-5-9-14)10-6-1-2-7-11-34-18(15)31-17/h1,3-6,8-9,12H,2,7,10-11,13,30H2/b6-1-. The van der Waals surface area contributed by atoms with E-state index < -0.39 is 65.6 Å². The predicted octanol–water partition coefficient (Wildman–Crippen LogP) is 5.83. The van der Waals surface area contributed by atoms with Crippen LogP contribution in [0.2, 0.25) is 0 Å². The third-order valence-electron chi connectivity index (χ3n) is 5.41. The van der Waals surface area contributed by atoms with Gasteiger partial charge < -0.3 is 19.6 Å². The van der Waals surface area contributed by atoms with Crippen LogP contribution in [0.15, 0.2) is 53.0 Å². The molecule has 1 atom stereocenters. The average molecular weight is 514 g/mol. The van der Waals surface area contributed by atoms with Gasteiger partial charge in [-0.15, -0.1) is 10.2 Å². The Morgan fingerprint density at radius 3 is 2.47 bits per heavy atom. The predicted molar refractivity (Wildman–Crippen MR) is 114 cm³/mol. The van der Waals surface area contributed by atoms with Gasteiger partial charge in [0.05, 0.1) is 18.9 Å². The molecule has 1 aliphatic heterocycles. The van der Waals surface area contributed by atoms with Crippen LogP contribution in [0, 0.1) is 0 Å². The average Bonchev–Trinajstić information content (AvgIpc) is 3.30. The number of fused-ring (bicyclic) bond motifs is 5. The highest BCUT2D eigenvalue weighted by molar-refractivity contribution is 5.68. The molecule has 192 valence electrons. The van der Waals surface area contributed by atoms with Gasteiger partial charge >= 0.3 is 12.4 Å². The first-order valence-electron chi connectivity index (χ1n) is 10.8. The summed E-state index contributed by atoms with van der Waals surface area (Å²) in [5.74, 6) is -2.35. The van der Waals surface area contributed by atoms with Crippen molar-refractivity contribution < 1.29 is 40.2 Å². The lowest BCUT2D eigenvalue weighted by molar-refractivity contribution is -0.295. The molecule has 0 amide bonds. The van der Waals surface area contributed by atoms with Crippen molar-refractivity contribution in [2.24, 2.45) is 0 Å². The first-order chi connectivity index (χ1) is 17.0. The number of aromatic nitrogens is 3. The monoisotopic (exact) mass is 514 g/mol. The number of nitrogen functional groups attached to an aromatic ring is 1. The van der Waals surface area contributed by atoms with Crippen molar-refractivity contribution in [3.8, 4) is 17.5 Å². The van der Waals surface area contributed by atoms with Gasteiger partial charge in [-0.1, -0.05) is 42.5 Å². The molecule has 1 aromatic carbocycles. The Balaban J connectivity index is 1.83. The maximum Gasteiger partial charge on any atom is 0.426 e. The number of nitrogens with two attached hydrogens (primary N) is 1. The number of rotatable bonds is 3. The summed E-state index contributed by atoms with van der Waals surface area (Å²) < 4.78 is 100. The number of halogens is 6. The summed E-state index contributed by atoms with van der Waals surface area (Å²) >= 11 is 0. The van der Waals surface area contributed by atoms with E-state index in [9.17, 15) is 26.3 Å². The minimum Gasteiger partial charge on any atom is -0.477 e. The van der Waals surface area contributed by atoms with Crippen LogP contribution >= 0.6 is 0 Å². The van der Waals surface area contributed by atoms with E-state index in [1.807, 2.05) is 0 Å². The van der Waals surface area contributed by atoms with Crippen LogP contribution < -0.4 is 10.5 Å². The van der Waals surface area contributed by atoms with Crippen LogP contribution in [0.1, 0.15) is 36.3 Å². The van der Waals surface area contributed by atoms with E-state index in [0.717, 1.165) is 0 Å². The Labute approximate surface area is 200 Å². The fraction of sp³-hybridized carbons (Fsp3) is 0.348. The molecular formula is C23H20F6N4O3. The van der Waals surface area contributed by atoms with E-state index in [1.54, 1.807) is 30.3 Å². The number of hydrogen-bond donors (Lipinski definition) is 1. The molecule has 1 aliphatic rings. The Kier molecular flexibility index (Phi) is 6.94. The zero-order valence-corrected chi connectivity index (χ0v) is 18.6. The number of ether oxygens (including phenoxy) is 2. The second-order valence-electron chi connectivity index (χ2n) is 7.95. The Morgan fingerprint density at radius 1 is 1.03 bits per heavy atom. The van der Waals surface area contributed by atoms with Crippen LogP contribution in [0.5, 0.6) is 5.88 Å². The number of anilines is 1. The zero-order chi connectivity index (χ0) is 26.0. The van der Waals surface area contributed by atoms with Gasteiger partial charge in [0, 0.05) is 6.42 Å². The topological polar surface area (TPSA) is 96.3 Å².